The Kier molecular flexibility index (Phi) is 7.56. The summed E-state index contributed by atoms with van der Waals surface area (Å²) in [4.78, 5) is 31.5. The molecule has 9 heteroatoms. The summed E-state index contributed by atoms with van der Waals surface area (Å²) in [6, 6.07) is 7.87. The molecule has 2 N–H and O–H groups in total. The van der Waals surface area contributed by atoms with Crippen LogP contribution in [0.3, 0.4) is 0 Å². The molecule has 0 radical (unpaired) electrons. The first-order chi connectivity index (χ1) is 14.6. The monoisotopic (exact) mass is 415 g/mol. The van der Waals surface area contributed by atoms with E-state index in [0.717, 1.165) is 26.1 Å². The van der Waals surface area contributed by atoms with Gasteiger partial charge in [-0.15, -0.1) is 0 Å². The fourth-order valence-electron chi connectivity index (χ4n) is 3.37. The molecule has 0 aliphatic carbocycles. The van der Waals surface area contributed by atoms with Gasteiger partial charge < -0.3 is 20.3 Å². The third kappa shape index (κ3) is 5.90. The van der Waals surface area contributed by atoms with E-state index in [0.29, 0.717) is 30.8 Å². The Labute approximate surface area is 175 Å². The molecular weight excluding hydrogens is 389 g/mol. The van der Waals surface area contributed by atoms with Crippen LogP contribution >= 0.6 is 0 Å². The lowest BCUT2D eigenvalue weighted by Gasteiger charge is -2.33. The molecule has 8 nitrogen and oxygen atoms in total. The summed E-state index contributed by atoms with van der Waals surface area (Å²) in [5.74, 6) is -0.422. The predicted octanol–water partition coefficient (Wildman–Crippen LogP) is 3.18. The molecule has 0 unspecified atom stereocenters. The SMILES string of the molecule is COC(=O)N1CCN(CCCc2cccc(NC(=O)Nc3cccnc3)c2F)CC1. The van der Waals surface area contributed by atoms with E-state index in [-0.39, 0.29) is 11.8 Å². The average molecular weight is 415 g/mol. The smallest absolute Gasteiger partial charge is 0.409 e. The zero-order valence-corrected chi connectivity index (χ0v) is 16.9. The van der Waals surface area contributed by atoms with E-state index >= 15 is 0 Å². The van der Waals surface area contributed by atoms with Crippen molar-refractivity contribution in [1.29, 1.82) is 0 Å². The fraction of sp³-hybridized carbons (Fsp3) is 0.381. The number of hydrogen-bond acceptors (Lipinski definition) is 5. The lowest BCUT2D eigenvalue weighted by Crippen LogP contribution is -2.48. The molecule has 0 saturated carbocycles. The van der Waals surface area contributed by atoms with E-state index in [4.69, 9.17) is 4.74 Å². The molecular formula is C21H26FN5O3. The topological polar surface area (TPSA) is 86.8 Å². The number of aryl methyl sites for hydroxylation is 1. The Hall–Kier alpha value is -3.20. The molecule has 1 aromatic heterocycles. The van der Waals surface area contributed by atoms with Crippen molar-refractivity contribution in [3.63, 3.8) is 0 Å². The normalized spacial score (nSPS) is 14.3. The standard InChI is InChI=1S/C21H26FN5O3/c1-30-21(29)27-13-11-26(12-14-27)10-4-6-16-5-2-8-18(19(16)22)25-20(28)24-17-7-3-9-23-15-17/h2-3,5,7-9,15H,4,6,10-14H2,1H3,(H2,24,25,28). The minimum absolute atomic E-state index is 0.139. The highest BCUT2D eigenvalue weighted by Gasteiger charge is 2.21. The van der Waals surface area contributed by atoms with Crippen LogP contribution < -0.4 is 10.6 Å². The van der Waals surface area contributed by atoms with Crippen molar-refractivity contribution in [3.05, 3.63) is 54.1 Å². The molecule has 0 atom stereocenters. The van der Waals surface area contributed by atoms with E-state index in [1.165, 1.54) is 19.4 Å². The summed E-state index contributed by atoms with van der Waals surface area (Å²) < 4.78 is 19.5. The number of pyridine rings is 1. The average Bonchev–Trinajstić information content (AvgIpc) is 2.77. The molecule has 0 spiro atoms. The molecule has 1 aliphatic heterocycles. The molecule has 2 aromatic rings. The van der Waals surface area contributed by atoms with Gasteiger partial charge >= 0.3 is 12.1 Å². The summed E-state index contributed by atoms with van der Waals surface area (Å²) in [5.41, 5.74) is 1.22. The van der Waals surface area contributed by atoms with Gasteiger partial charge in [0.2, 0.25) is 0 Å². The van der Waals surface area contributed by atoms with Gasteiger partial charge in [0, 0.05) is 32.4 Å². The van der Waals surface area contributed by atoms with Crippen LogP contribution in [0.1, 0.15) is 12.0 Å². The first-order valence-electron chi connectivity index (χ1n) is 9.87. The second kappa shape index (κ2) is 10.5. The molecule has 30 heavy (non-hydrogen) atoms. The van der Waals surface area contributed by atoms with Crippen molar-refractivity contribution in [1.82, 2.24) is 14.8 Å². The van der Waals surface area contributed by atoms with Crippen LogP contribution in [-0.2, 0) is 11.2 Å². The number of carbonyl (C=O) groups is 2. The molecule has 3 amide bonds. The van der Waals surface area contributed by atoms with Crippen LogP contribution in [-0.4, -0.2) is 66.7 Å². The number of nitrogens with zero attached hydrogens (tertiary/aromatic N) is 3. The largest absolute Gasteiger partial charge is 0.453 e. The number of methoxy groups -OCH3 is 1. The summed E-state index contributed by atoms with van der Waals surface area (Å²) in [6.45, 7) is 3.62. The van der Waals surface area contributed by atoms with Crippen molar-refractivity contribution in [3.8, 4) is 0 Å². The Morgan fingerprint density at radius 1 is 1.13 bits per heavy atom. The summed E-state index contributed by atoms with van der Waals surface area (Å²) in [7, 11) is 1.38. The molecule has 2 heterocycles. The van der Waals surface area contributed by atoms with Crippen molar-refractivity contribution in [2.75, 3.05) is 50.5 Å². The van der Waals surface area contributed by atoms with Gasteiger partial charge in [0.25, 0.3) is 0 Å². The molecule has 160 valence electrons. The number of amides is 3. The van der Waals surface area contributed by atoms with E-state index in [1.807, 2.05) is 0 Å². The highest BCUT2D eigenvalue weighted by Crippen LogP contribution is 2.20. The van der Waals surface area contributed by atoms with Crippen molar-refractivity contribution in [2.24, 2.45) is 0 Å². The summed E-state index contributed by atoms with van der Waals surface area (Å²) in [6.07, 6.45) is 4.15. The number of anilines is 2. The van der Waals surface area contributed by atoms with Crippen LogP contribution in [0.4, 0.5) is 25.4 Å². The third-order valence-corrected chi connectivity index (χ3v) is 4.97. The van der Waals surface area contributed by atoms with Crippen LogP contribution in [0.5, 0.6) is 0 Å². The predicted molar refractivity (Wildman–Crippen MR) is 112 cm³/mol. The quantitative estimate of drug-likeness (QED) is 0.757. The summed E-state index contributed by atoms with van der Waals surface area (Å²) in [5, 5.41) is 5.16. The Bertz CT molecular complexity index is 857. The molecule has 0 bridgehead atoms. The number of piperazine rings is 1. The Balaban J connectivity index is 1.47. The number of hydrogen-bond donors (Lipinski definition) is 2. The zero-order chi connectivity index (χ0) is 21.3. The molecule has 1 aliphatic rings. The number of halogens is 1. The fourth-order valence-corrected chi connectivity index (χ4v) is 3.37. The van der Waals surface area contributed by atoms with Gasteiger partial charge in [-0.2, -0.15) is 0 Å². The van der Waals surface area contributed by atoms with Crippen molar-refractivity contribution in [2.45, 2.75) is 12.8 Å². The lowest BCUT2D eigenvalue weighted by atomic mass is 10.1. The summed E-state index contributed by atoms with van der Waals surface area (Å²) >= 11 is 0. The maximum atomic E-state index is 14.8. The number of rotatable bonds is 6. The third-order valence-electron chi connectivity index (χ3n) is 4.97. The number of nitrogens with one attached hydrogen (secondary N) is 2. The van der Waals surface area contributed by atoms with Crippen LogP contribution in [0.15, 0.2) is 42.7 Å². The van der Waals surface area contributed by atoms with Crippen LogP contribution in [0.2, 0.25) is 0 Å². The van der Waals surface area contributed by atoms with Crippen LogP contribution in [0.25, 0.3) is 0 Å². The van der Waals surface area contributed by atoms with Gasteiger partial charge in [-0.3, -0.25) is 9.88 Å². The molecule has 1 fully saturated rings. The molecule has 1 saturated heterocycles. The number of aromatic nitrogens is 1. The molecule has 3 rings (SSSR count). The minimum atomic E-state index is -0.525. The zero-order valence-electron chi connectivity index (χ0n) is 16.9. The van der Waals surface area contributed by atoms with Crippen molar-refractivity contribution >= 4 is 23.5 Å². The highest BCUT2D eigenvalue weighted by atomic mass is 19.1. The van der Waals surface area contributed by atoms with Crippen molar-refractivity contribution < 1.29 is 18.7 Å². The number of urea groups is 1. The number of carbonyl (C=O) groups excluding carboxylic acids is 2. The minimum Gasteiger partial charge on any atom is -0.453 e. The van der Waals surface area contributed by atoms with E-state index in [2.05, 4.69) is 20.5 Å². The van der Waals surface area contributed by atoms with Gasteiger partial charge in [-0.1, -0.05) is 12.1 Å². The highest BCUT2D eigenvalue weighted by molar-refractivity contribution is 5.99. The maximum absolute atomic E-state index is 14.8. The second-order valence-electron chi connectivity index (χ2n) is 7.00. The van der Waals surface area contributed by atoms with Gasteiger partial charge in [-0.05, 0) is 43.1 Å². The van der Waals surface area contributed by atoms with Gasteiger partial charge in [-0.25, -0.2) is 14.0 Å². The second-order valence-corrected chi connectivity index (χ2v) is 7.00. The van der Waals surface area contributed by atoms with Gasteiger partial charge in [0.1, 0.15) is 5.82 Å². The lowest BCUT2D eigenvalue weighted by molar-refractivity contribution is 0.0907. The first kappa shape index (κ1) is 21.5. The molecule has 1 aromatic carbocycles. The van der Waals surface area contributed by atoms with Gasteiger partial charge in [0.05, 0.1) is 24.7 Å². The van der Waals surface area contributed by atoms with Crippen LogP contribution in [0, 0.1) is 5.82 Å². The van der Waals surface area contributed by atoms with E-state index < -0.39 is 11.8 Å². The van der Waals surface area contributed by atoms with E-state index in [9.17, 15) is 14.0 Å². The van der Waals surface area contributed by atoms with E-state index in [1.54, 1.807) is 35.4 Å². The number of ether oxygens (including phenoxy) is 1. The Morgan fingerprint density at radius 2 is 1.93 bits per heavy atom. The number of benzene rings is 1. The Morgan fingerprint density at radius 3 is 2.63 bits per heavy atom. The maximum Gasteiger partial charge on any atom is 0.409 e. The van der Waals surface area contributed by atoms with Gasteiger partial charge in [0.15, 0.2) is 0 Å². The first-order valence-corrected chi connectivity index (χ1v) is 9.87.